The Bertz CT molecular complexity index is 1400. The molecule has 1 N–H and O–H groups in total. The van der Waals surface area contributed by atoms with Crippen LogP contribution < -0.4 is 19.5 Å². The average Bonchev–Trinajstić information content (AvgIpc) is 2.94. The van der Waals surface area contributed by atoms with E-state index < -0.39 is 0 Å². The summed E-state index contributed by atoms with van der Waals surface area (Å²) in [5.41, 5.74) is 2.28. The van der Waals surface area contributed by atoms with Crippen LogP contribution in [-0.2, 0) is 0 Å². The average molecular weight is 513 g/mol. The zero-order valence-electron chi connectivity index (χ0n) is 21.9. The van der Waals surface area contributed by atoms with Crippen molar-refractivity contribution in [1.82, 2.24) is 14.9 Å². The Morgan fingerprint density at radius 1 is 0.974 bits per heavy atom. The van der Waals surface area contributed by atoms with Gasteiger partial charge in [-0.05, 0) is 100 Å². The Morgan fingerprint density at radius 3 is 2.32 bits per heavy atom. The van der Waals surface area contributed by atoms with Crippen molar-refractivity contribution in [3.63, 3.8) is 0 Å². The number of Topliss-reactive ketones (excluding diaryl/α,β-unsaturated/α-hetero) is 1. The van der Waals surface area contributed by atoms with Gasteiger partial charge in [-0.15, -0.1) is 0 Å². The second-order valence-corrected chi connectivity index (χ2v) is 9.63. The summed E-state index contributed by atoms with van der Waals surface area (Å²) >= 11 is 0. The number of carbonyl (C=O) groups is 1. The van der Waals surface area contributed by atoms with E-state index in [4.69, 9.17) is 14.2 Å². The van der Waals surface area contributed by atoms with Gasteiger partial charge in [-0.3, -0.25) is 4.79 Å². The minimum Gasteiger partial charge on any atom is -0.493 e. The van der Waals surface area contributed by atoms with Crippen molar-refractivity contribution in [2.75, 3.05) is 39.2 Å². The summed E-state index contributed by atoms with van der Waals surface area (Å²) in [6, 6.07) is 18.5. The number of anilines is 2. The topological polar surface area (TPSA) is 85.8 Å². The van der Waals surface area contributed by atoms with Gasteiger partial charge in [0, 0.05) is 22.7 Å². The van der Waals surface area contributed by atoms with Gasteiger partial charge in [0.15, 0.2) is 17.3 Å². The number of rotatable bonds is 9. The SMILES string of the molecule is COc1cc2c(Nc3ccc(Oc4ccc(C(C)=O)cc4)cc3)ncnc2cc1OCC1CCN(C)CC1. The number of likely N-dealkylation sites (tertiary alicyclic amines) is 1. The van der Waals surface area contributed by atoms with Gasteiger partial charge in [-0.1, -0.05) is 0 Å². The molecule has 0 amide bonds. The smallest absolute Gasteiger partial charge is 0.163 e. The van der Waals surface area contributed by atoms with E-state index in [9.17, 15) is 4.79 Å². The van der Waals surface area contributed by atoms with Crippen molar-refractivity contribution in [3.05, 3.63) is 72.6 Å². The highest BCUT2D eigenvalue weighted by molar-refractivity contribution is 5.94. The number of carbonyl (C=O) groups excluding carboxylic acids is 1. The third-order valence-electron chi connectivity index (χ3n) is 6.85. The van der Waals surface area contributed by atoms with E-state index in [1.807, 2.05) is 36.4 Å². The van der Waals surface area contributed by atoms with Crippen LogP contribution in [0.4, 0.5) is 11.5 Å². The fourth-order valence-corrected chi connectivity index (χ4v) is 4.51. The van der Waals surface area contributed by atoms with Gasteiger partial charge >= 0.3 is 0 Å². The lowest BCUT2D eigenvalue weighted by Gasteiger charge is -2.28. The molecule has 0 unspecified atom stereocenters. The lowest BCUT2D eigenvalue weighted by atomic mass is 9.98. The summed E-state index contributed by atoms with van der Waals surface area (Å²) in [7, 11) is 3.81. The van der Waals surface area contributed by atoms with Gasteiger partial charge in [0.1, 0.15) is 23.6 Å². The Labute approximate surface area is 222 Å². The van der Waals surface area contributed by atoms with Crippen LogP contribution in [-0.4, -0.2) is 54.5 Å². The first kappa shape index (κ1) is 25.5. The Hall–Kier alpha value is -4.17. The summed E-state index contributed by atoms with van der Waals surface area (Å²) in [6.45, 7) is 4.42. The molecule has 1 aliphatic heterocycles. The Morgan fingerprint density at radius 2 is 1.66 bits per heavy atom. The molecule has 0 saturated carbocycles. The minimum absolute atomic E-state index is 0.0262. The van der Waals surface area contributed by atoms with Crippen molar-refractivity contribution in [1.29, 1.82) is 0 Å². The Balaban J connectivity index is 1.28. The van der Waals surface area contributed by atoms with Crippen LogP contribution in [0.2, 0.25) is 0 Å². The molecule has 1 saturated heterocycles. The van der Waals surface area contributed by atoms with Gasteiger partial charge in [-0.2, -0.15) is 0 Å². The molecule has 1 aromatic heterocycles. The van der Waals surface area contributed by atoms with E-state index in [1.165, 1.54) is 0 Å². The molecule has 0 bridgehead atoms. The number of hydrogen-bond donors (Lipinski definition) is 1. The summed E-state index contributed by atoms with van der Waals surface area (Å²) < 4.78 is 17.8. The molecular weight excluding hydrogens is 480 g/mol. The molecule has 0 radical (unpaired) electrons. The lowest BCUT2D eigenvalue weighted by Crippen LogP contribution is -2.32. The van der Waals surface area contributed by atoms with Crippen molar-refractivity contribution in [2.45, 2.75) is 19.8 Å². The molecule has 3 aromatic carbocycles. The maximum absolute atomic E-state index is 11.5. The van der Waals surface area contributed by atoms with E-state index >= 15 is 0 Å². The highest BCUT2D eigenvalue weighted by Crippen LogP contribution is 2.35. The number of hydrogen-bond acceptors (Lipinski definition) is 8. The van der Waals surface area contributed by atoms with Crippen LogP contribution in [0.1, 0.15) is 30.1 Å². The fraction of sp³-hybridized carbons (Fsp3) is 0.300. The largest absolute Gasteiger partial charge is 0.493 e. The molecule has 0 atom stereocenters. The molecule has 5 rings (SSSR count). The number of piperidine rings is 1. The number of ketones is 1. The van der Waals surface area contributed by atoms with Gasteiger partial charge in [0.2, 0.25) is 0 Å². The maximum Gasteiger partial charge on any atom is 0.163 e. The number of nitrogens with zero attached hydrogens (tertiary/aromatic N) is 3. The molecule has 1 aliphatic rings. The second-order valence-electron chi connectivity index (χ2n) is 9.63. The summed E-state index contributed by atoms with van der Waals surface area (Å²) in [6.07, 6.45) is 3.82. The van der Waals surface area contributed by atoms with E-state index in [2.05, 4.69) is 27.2 Å². The monoisotopic (exact) mass is 512 g/mol. The third kappa shape index (κ3) is 6.03. The normalized spacial score (nSPS) is 14.3. The number of aromatic nitrogens is 2. The molecule has 4 aromatic rings. The van der Waals surface area contributed by atoms with E-state index in [0.717, 1.165) is 42.5 Å². The summed E-state index contributed by atoms with van der Waals surface area (Å²) in [5.74, 6) is 3.94. The highest BCUT2D eigenvalue weighted by atomic mass is 16.5. The minimum atomic E-state index is 0.0262. The molecule has 196 valence electrons. The number of benzene rings is 3. The van der Waals surface area contributed by atoms with Crippen LogP contribution >= 0.6 is 0 Å². The molecular formula is C30H32N4O4. The number of methoxy groups -OCH3 is 1. The number of nitrogens with one attached hydrogen (secondary N) is 1. The van der Waals surface area contributed by atoms with Crippen LogP contribution in [0, 0.1) is 5.92 Å². The standard InChI is InChI=1S/C30H32N4O4/c1-20(35)22-4-8-24(9-5-22)38-25-10-6-23(7-11-25)33-30-26-16-28(36-3)29(17-27(26)31-19-32-30)37-18-21-12-14-34(2)15-13-21/h4-11,16-17,19,21H,12-15,18H2,1-3H3,(H,31,32,33). The lowest BCUT2D eigenvalue weighted by molar-refractivity contribution is 0.101. The maximum atomic E-state index is 11.5. The van der Waals surface area contributed by atoms with Crippen LogP contribution in [0.5, 0.6) is 23.0 Å². The molecule has 2 heterocycles. The molecule has 0 aliphatic carbocycles. The molecule has 8 heteroatoms. The first-order valence-corrected chi connectivity index (χ1v) is 12.8. The first-order chi connectivity index (χ1) is 18.5. The van der Waals surface area contributed by atoms with Crippen LogP contribution in [0.3, 0.4) is 0 Å². The molecule has 0 spiro atoms. The quantitative estimate of drug-likeness (QED) is 0.269. The van der Waals surface area contributed by atoms with Crippen LogP contribution in [0.25, 0.3) is 10.9 Å². The van der Waals surface area contributed by atoms with Crippen molar-refractivity contribution >= 4 is 28.2 Å². The van der Waals surface area contributed by atoms with Gasteiger partial charge in [-0.25, -0.2) is 9.97 Å². The zero-order valence-corrected chi connectivity index (χ0v) is 21.9. The number of fused-ring (bicyclic) bond motifs is 1. The fourth-order valence-electron chi connectivity index (χ4n) is 4.51. The van der Waals surface area contributed by atoms with Crippen molar-refractivity contribution in [3.8, 4) is 23.0 Å². The van der Waals surface area contributed by atoms with E-state index in [0.29, 0.717) is 46.9 Å². The van der Waals surface area contributed by atoms with Gasteiger partial charge in [0.25, 0.3) is 0 Å². The number of ether oxygens (including phenoxy) is 3. The van der Waals surface area contributed by atoms with Crippen molar-refractivity contribution < 1.29 is 19.0 Å². The molecule has 1 fully saturated rings. The highest BCUT2D eigenvalue weighted by Gasteiger charge is 2.19. The second kappa shape index (κ2) is 11.5. The molecule has 8 nitrogen and oxygen atoms in total. The predicted molar refractivity (Wildman–Crippen MR) is 148 cm³/mol. The Kier molecular flexibility index (Phi) is 7.70. The first-order valence-electron chi connectivity index (χ1n) is 12.8. The van der Waals surface area contributed by atoms with Gasteiger partial charge in [0.05, 0.1) is 19.2 Å². The zero-order chi connectivity index (χ0) is 26.5. The van der Waals surface area contributed by atoms with Crippen LogP contribution in [0.15, 0.2) is 67.0 Å². The summed E-state index contributed by atoms with van der Waals surface area (Å²) in [4.78, 5) is 22.8. The third-order valence-corrected chi connectivity index (χ3v) is 6.85. The van der Waals surface area contributed by atoms with E-state index in [-0.39, 0.29) is 5.78 Å². The summed E-state index contributed by atoms with van der Waals surface area (Å²) in [5, 5.41) is 4.21. The van der Waals surface area contributed by atoms with Crippen molar-refractivity contribution in [2.24, 2.45) is 5.92 Å². The molecule has 38 heavy (non-hydrogen) atoms. The van der Waals surface area contributed by atoms with Gasteiger partial charge < -0.3 is 24.4 Å². The predicted octanol–water partition coefficient (Wildman–Crippen LogP) is 6.10. The van der Waals surface area contributed by atoms with E-state index in [1.54, 1.807) is 44.6 Å².